The van der Waals surface area contributed by atoms with Crippen LogP contribution in [0.3, 0.4) is 0 Å². The van der Waals surface area contributed by atoms with Crippen molar-refractivity contribution < 1.29 is 17.9 Å². The molecule has 1 amide bonds. The summed E-state index contributed by atoms with van der Waals surface area (Å²) in [6.07, 6.45) is 0.855. The lowest BCUT2D eigenvalue weighted by Gasteiger charge is -2.30. The first kappa shape index (κ1) is 20.8. The van der Waals surface area contributed by atoms with E-state index in [2.05, 4.69) is 5.32 Å². The molecular weight excluding hydrogens is 390 g/mol. The van der Waals surface area contributed by atoms with E-state index in [-0.39, 0.29) is 35.4 Å². The van der Waals surface area contributed by atoms with Crippen molar-refractivity contribution in [3.63, 3.8) is 0 Å². The number of piperidine rings is 1. The van der Waals surface area contributed by atoms with Gasteiger partial charge in [0.15, 0.2) is 0 Å². The van der Waals surface area contributed by atoms with Gasteiger partial charge in [0, 0.05) is 24.7 Å². The Morgan fingerprint density at radius 1 is 1.17 bits per heavy atom. The highest BCUT2D eigenvalue weighted by Gasteiger charge is 2.33. The molecule has 2 aromatic carbocycles. The van der Waals surface area contributed by atoms with Crippen LogP contribution in [-0.4, -0.2) is 38.3 Å². The number of nitrogens with zero attached hydrogens (tertiary/aromatic N) is 2. The van der Waals surface area contributed by atoms with Gasteiger partial charge in [0.05, 0.1) is 17.1 Å². The second-order valence-electron chi connectivity index (χ2n) is 6.73. The summed E-state index contributed by atoms with van der Waals surface area (Å²) < 4.78 is 32.5. The van der Waals surface area contributed by atoms with Crippen LogP contribution in [-0.2, 0) is 14.8 Å². The van der Waals surface area contributed by atoms with Crippen LogP contribution in [0.5, 0.6) is 5.75 Å². The number of rotatable bonds is 6. The lowest BCUT2D eigenvalue weighted by molar-refractivity contribution is -0.120. The molecule has 0 bridgehead atoms. The third-order valence-corrected chi connectivity index (χ3v) is 6.84. The van der Waals surface area contributed by atoms with E-state index < -0.39 is 10.0 Å². The van der Waals surface area contributed by atoms with Crippen LogP contribution in [0.2, 0.25) is 0 Å². The van der Waals surface area contributed by atoms with Gasteiger partial charge in [-0.25, -0.2) is 8.42 Å². The average Bonchev–Trinajstić information content (AvgIpc) is 2.75. The zero-order valence-electron chi connectivity index (χ0n) is 16.2. The first-order valence-corrected chi connectivity index (χ1v) is 10.9. The molecule has 0 aromatic heterocycles. The van der Waals surface area contributed by atoms with Gasteiger partial charge in [-0.1, -0.05) is 12.1 Å². The standard InChI is InChI=1S/C21H23N3O4S/c1-2-28-19-9-7-18(8-10-19)23-21(25)16-11-13-24(14-12-16)29(26,27)20-6-4-3-5-17(20)15-22/h3-10,16H,2,11-14H2,1H3,(H,23,25). The molecule has 1 N–H and O–H groups in total. The van der Waals surface area contributed by atoms with E-state index in [0.717, 1.165) is 5.75 Å². The van der Waals surface area contributed by atoms with Crippen molar-refractivity contribution in [2.75, 3.05) is 25.0 Å². The van der Waals surface area contributed by atoms with Gasteiger partial charge in [-0.15, -0.1) is 0 Å². The first-order valence-electron chi connectivity index (χ1n) is 9.48. The number of carbonyl (C=O) groups is 1. The summed E-state index contributed by atoms with van der Waals surface area (Å²) in [5.74, 6) is 0.351. The SMILES string of the molecule is CCOc1ccc(NC(=O)C2CCN(S(=O)(=O)c3ccccc3C#N)CC2)cc1. The van der Waals surface area contributed by atoms with Gasteiger partial charge in [0.2, 0.25) is 15.9 Å². The number of hydrogen-bond donors (Lipinski definition) is 1. The maximum Gasteiger partial charge on any atom is 0.244 e. The Balaban J connectivity index is 1.61. The number of nitrogens with one attached hydrogen (secondary N) is 1. The summed E-state index contributed by atoms with van der Waals surface area (Å²) in [6.45, 7) is 2.96. The highest BCUT2D eigenvalue weighted by Crippen LogP contribution is 2.26. The fraction of sp³-hybridized carbons (Fsp3) is 0.333. The average molecular weight is 413 g/mol. The van der Waals surface area contributed by atoms with E-state index in [1.165, 1.54) is 16.4 Å². The van der Waals surface area contributed by atoms with Crippen LogP contribution in [0.15, 0.2) is 53.4 Å². The lowest BCUT2D eigenvalue weighted by Crippen LogP contribution is -2.41. The third-order valence-electron chi connectivity index (χ3n) is 4.88. The normalized spacial score (nSPS) is 15.4. The minimum absolute atomic E-state index is 0.0137. The molecule has 1 heterocycles. The smallest absolute Gasteiger partial charge is 0.244 e. The summed E-state index contributed by atoms with van der Waals surface area (Å²) in [4.78, 5) is 12.6. The van der Waals surface area contributed by atoms with Crippen molar-refractivity contribution in [2.24, 2.45) is 5.92 Å². The number of sulfonamides is 1. The van der Waals surface area contributed by atoms with Crippen molar-refractivity contribution in [1.82, 2.24) is 4.31 Å². The minimum Gasteiger partial charge on any atom is -0.494 e. The summed E-state index contributed by atoms with van der Waals surface area (Å²) in [5, 5.41) is 12.1. The third kappa shape index (κ3) is 4.75. The van der Waals surface area contributed by atoms with Crippen LogP contribution in [0.4, 0.5) is 5.69 Å². The summed E-state index contributed by atoms with van der Waals surface area (Å²) in [5.41, 5.74) is 0.805. The first-order chi connectivity index (χ1) is 14.0. The molecular formula is C21H23N3O4S. The molecule has 0 atom stereocenters. The van der Waals surface area contributed by atoms with E-state index in [4.69, 9.17) is 4.74 Å². The van der Waals surface area contributed by atoms with Crippen LogP contribution >= 0.6 is 0 Å². The number of hydrogen-bond acceptors (Lipinski definition) is 5. The molecule has 2 aromatic rings. The fourth-order valence-corrected chi connectivity index (χ4v) is 4.94. The predicted molar refractivity (Wildman–Crippen MR) is 109 cm³/mol. The summed E-state index contributed by atoms with van der Waals surface area (Å²) >= 11 is 0. The molecule has 1 fully saturated rings. The Hall–Kier alpha value is -2.89. The molecule has 1 aliphatic rings. The van der Waals surface area contributed by atoms with E-state index in [1.54, 1.807) is 36.4 Å². The van der Waals surface area contributed by atoms with Gasteiger partial charge in [0.1, 0.15) is 11.8 Å². The van der Waals surface area contributed by atoms with Gasteiger partial charge in [-0.2, -0.15) is 9.57 Å². The van der Waals surface area contributed by atoms with Gasteiger partial charge in [0.25, 0.3) is 0 Å². The number of carbonyl (C=O) groups excluding carboxylic acids is 1. The minimum atomic E-state index is -3.76. The van der Waals surface area contributed by atoms with E-state index >= 15 is 0 Å². The van der Waals surface area contributed by atoms with Gasteiger partial charge in [-0.3, -0.25) is 4.79 Å². The predicted octanol–water partition coefficient (Wildman–Crippen LogP) is 3.00. The number of benzene rings is 2. The second-order valence-corrected chi connectivity index (χ2v) is 8.64. The number of nitriles is 1. The zero-order chi connectivity index (χ0) is 20.9. The maximum absolute atomic E-state index is 12.9. The van der Waals surface area contributed by atoms with E-state index in [0.29, 0.717) is 25.1 Å². The number of amides is 1. The molecule has 8 heteroatoms. The molecule has 0 spiro atoms. The molecule has 0 saturated carbocycles. The molecule has 7 nitrogen and oxygen atoms in total. The Bertz CT molecular complexity index is 1000. The topological polar surface area (TPSA) is 99.5 Å². The Morgan fingerprint density at radius 3 is 2.45 bits per heavy atom. The van der Waals surface area contributed by atoms with Gasteiger partial charge in [-0.05, 0) is 56.2 Å². The van der Waals surface area contributed by atoms with Crippen molar-refractivity contribution in [2.45, 2.75) is 24.7 Å². The van der Waals surface area contributed by atoms with Crippen LogP contribution in [0.25, 0.3) is 0 Å². The van der Waals surface area contributed by atoms with E-state index in [9.17, 15) is 18.5 Å². The van der Waals surface area contributed by atoms with Crippen molar-refractivity contribution >= 4 is 21.6 Å². The Morgan fingerprint density at radius 2 is 1.83 bits per heavy atom. The van der Waals surface area contributed by atoms with E-state index in [1.807, 2.05) is 13.0 Å². The zero-order valence-corrected chi connectivity index (χ0v) is 17.0. The summed E-state index contributed by atoms with van der Waals surface area (Å²) in [6, 6.07) is 15.2. The lowest BCUT2D eigenvalue weighted by atomic mass is 9.97. The molecule has 0 radical (unpaired) electrons. The van der Waals surface area contributed by atoms with Crippen LogP contribution < -0.4 is 10.1 Å². The fourth-order valence-electron chi connectivity index (χ4n) is 3.33. The molecule has 0 unspecified atom stereocenters. The largest absolute Gasteiger partial charge is 0.494 e. The molecule has 29 heavy (non-hydrogen) atoms. The Labute approximate surface area is 171 Å². The van der Waals surface area contributed by atoms with Gasteiger partial charge < -0.3 is 10.1 Å². The van der Waals surface area contributed by atoms with Crippen LogP contribution in [0, 0.1) is 17.2 Å². The molecule has 0 aliphatic carbocycles. The molecule has 3 rings (SSSR count). The van der Waals surface area contributed by atoms with Crippen molar-refractivity contribution in [3.8, 4) is 11.8 Å². The maximum atomic E-state index is 12.9. The molecule has 1 saturated heterocycles. The summed E-state index contributed by atoms with van der Waals surface area (Å²) in [7, 11) is -3.76. The van der Waals surface area contributed by atoms with Crippen molar-refractivity contribution in [1.29, 1.82) is 5.26 Å². The second kappa shape index (κ2) is 9.07. The van der Waals surface area contributed by atoms with Gasteiger partial charge >= 0.3 is 0 Å². The highest BCUT2D eigenvalue weighted by atomic mass is 32.2. The highest BCUT2D eigenvalue weighted by molar-refractivity contribution is 7.89. The van der Waals surface area contributed by atoms with Crippen molar-refractivity contribution in [3.05, 3.63) is 54.1 Å². The Kier molecular flexibility index (Phi) is 6.52. The number of anilines is 1. The molecule has 152 valence electrons. The monoisotopic (exact) mass is 413 g/mol. The number of ether oxygens (including phenoxy) is 1. The molecule has 1 aliphatic heterocycles. The quantitative estimate of drug-likeness (QED) is 0.785. The van der Waals surface area contributed by atoms with Crippen LogP contribution in [0.1, 0.15) is 25.3 Å².